The lowest BCUT2D eigenvalue weighted by atomic mass is 10.2. The first-order valence-electron chi connectivity index (χ1n) is 9.35. The van der Waals surface area contributed by atoms with Gasteiger partial charge in [0.05, 0.1) is 30.8 Å². The van der Waals surface area contributed by atoms with E-state index in [2.05, 4.69) is 10.1 Å². The Labute approximate surface area is 181 Å². The molecule has 162 valence electrons. The van der Waals surface area contributed by atoms with Crippen LogP contribution in [0.1, 0.15) is 19.4 Å². The lowest BCUT2D eigenvalue weighted by molar-refractivity contribution is -0.150. The third-order valence-corrected chi connectivity index (χ3v) is 4.50. The number of hydrogen-bond donors (Lipinski definition) is 1. The Hall–Kier alpha value is -3.59. The molecule has 0 bridgehead atoms. The second-order valence-electron chi connectivity index (χ2n) is 6.38. The lowest BCUT2D eigenvalue weighted by Gasteiger charge is -2.18. The predicted octanol–water partition coefficient (Wildman–Crippen LogP) is 2.56. The van der Waals surface area contributed by atoms with E-state index in [1.165, 1.54) is 32.4 Å². The summed E-state index contributed by atoms with van der Waals surface area (Å²) < 4.78 is 16.7. The summed E-state index contributed by atoms with van der Waals surface area (Å²) in [6, 6.07) is 9.59. The average Bonchev–Trinajstić information content (AvgIpc) is 2.74. The molecular formula is C21H20ClN3O6. The van der Waals surface area contributed by atoms with Gasteiger partial charge in [-0.05, 0) is 32.0 Å². The normalized spacial score (nSPS) is 12.1. The van der Waals surface area contributed by atoms with Crippen LogP contribution in [0, 0.1) is 0 Å². The van der Waals surface area contributed by atoms with Gasteiger partial charge in [0.15, 0.2) is 17.6 Å². The van der Waals surface area contributed by atoms with Gasteiger partial charge in [-0.1, -0.05) is 23.7 Å². The second kappa shape index (κ2) is 9.48. The summed E-state index contributed by atoms with van der Waals surface area (Å²) in [6.07, 6.45) is 0.279. The standard InChI is InChI=1S/C21H20ClN3O6/c1-4-30-20(27)12(2)31-18-13(9-14(22)10-17(18)29-3)11-23-25-19(26)15-7-5-6-8-16(15)24-21(25)28/h5-12H,4H2,1-3H3,(H,24,28)/t12-/m0/s1. The first-order valence-corrected chi connectivity index (χ1v) is 9.72. The van der Waals surface area contributed by atoms with Crippen LogP contribution < -0.4 is 20.7 Å². The monoisotopic (exact) mass is 445 g/mol. The molecule has 1 heterocycles. The molecule has 1 N–H and O–H groups in total. The number of carbonyl (C=O) groups is 1. The highest BCUT2D eigenvalue weighted by atomic mass is 35.5. The van der Waals surface area contributed by atoms with E-state index in [1.54, 1.807) is 31.2 Å². The molecule has 0 fully saturated rings. The van der Waals surface area contributed by atoms with E-state index in [0.717, 1.165) is 0 Å². The van der Waals surface area contributed by atoms with Crippen molar-refractivity contribution in [2.45, 2.75) is 20.0 Å². The van der Waals surface area contributed by atoms with Crippen LogP contribution in [0.3, 0.4) is 0 Å². The number of para-hydroxylation sites is 1. The molecular weight excluding hydrogens is 426 g/mol. The minimum absolute atomic E-state index is 0.154. The van der Waals surface area contributed by atoms with Gasteiger partial charge in [-0.3, -0.25) is 4.79 Å². The first kappa shape index (κ1) is 22.1. The van der Waals surface area contributed by atoms with E-state index in [0.29, 0.717) is 26.2 Å². The number of nitrogens with one attached hydrogen (secondary N) is 1. The smallest absolute Gasteiger partial charge is 0.349 e. The van der Waals surface area contributed by atoms with Crippen molar-refractivity contribution in [2.75, 3.05) is 13.7 Å². The van der Waals surface area contributed by atoms with Crippen molar-refractivity contribution >= 4 is 34.7 Å². The molecule has 31 heavy (non-hydrogen) atoms. The minimum Gasteiger partial charge on any atom is -0.493 e. The van der Waals surface area contributed by atoms with Gasteiger partial charge in [0.2, 0.25) is 0 Å². The van der Waals surface area contributed by atoms with E-state index >= 15 is 0 Å². The molecule has 3 rings (SSSR count). The summed E-state index contributed by atoms with van der Waals surface area (Å²) in [5.74, 6) is -0.170. The molecule has 1 atom stereocenters. The number of carbonyl (C=O) groups excluding carboxylic acids is 1. The fourth-order valence-electron chi connectivity index (χ4n) is 2.82. The third kappa shape index (κ3) is 4.77. The summed E-state index contributed by atoms with van der Waals surface area (Å²) >= 11 is 6.15. The molecule has 0 saturated carbocycles. The molecule has 9 nitrogen and oxygen atoms in total. The Morgan fingerprint density at radius 3 is 2.74 bits per heavy atom. The summed E-state index contributed by atoms with van der Waals surface area (Å²) in [7, 11) is 1.41. The molecule has 0 amide bonds. The Morgan fingerprint density at radius 1 is 1.29 bits per heavy atom. The van der Waals surface area contributed by atoms with Crippen LogP contribution in [0.25, 0.3) is 10.9 Å². The van der Waals surface area contributed by atoms with Gasteiger partial charge in [-0.15, -0.1) is 4.68 Å². The van der Waals surface area contributed by atoms with Crippen molar-refractivity contribution in [3.8, 4) is 11.5 Å². The van der Waals surface area contributed by atoms with Gasteiger partial charge in [-0.25, -0.2) is 9.59 Å². The van der Waals surface area contributed by atoms with E-state index in [4.69, 9.17) is 25.8 Å². The fourth-order valence-corrected chi connectivity index (χ4v) is 3.04. The zero-order valence-corrected chi connectivity index (χ0v) is 17.8. The molecule has 0 unspecified atom stereocenters. The zero-order valence-electron chi connectivity index (χ0n) is 17.0. The molecule has 0 saturated heterocycles. The van der Waals surface area contributed by atoms with Crippen molar-refractivity contribution < 1.29 is 19.0 Å². The molecule has 10 heteroatoms. The quantitative estimate of drug-likeness (QED) is 0.442. The van der Waals surface area contributed by atoms with Crippen molar-refractivity contribution in [1.29, 1.82) is 0 Å². The maximum Gasteiger partial charge on any atom is 0.349 e. The maximum absolute atomic E-state index is 12.7. The summed E-state index contributed by atoms with van der Waals surface area (Å²) in [4.78, 5) is 39.6. The molecule has 0 aliphatic heterocycles. The zero-order chi connectivity index (χ0) is 22.5. The van der Waals surface area contributed by atoms with Crippen LogP contribution in [-0.4, -0.2) is 41.7 Å². The lowest BCUT2D eigenvalue weighted by Crippen LogP contribution is -2.32. The number of halogens is 1. The van der Waals surface area contributed by atoms with Crippen LogP contribution in [0.4, 0.5) is 0 Å². The molecule has 0 spiro atoms. The van der Waals surface area contributed by atoms with Gasteiger partial charge in [0, 0.05) is 16.7 Å². The van der Waals surface area contributed by atoms with Gasteiger partial charge in [-0.2, -0.15) is 5.10 Å². The Balaban J connectivity index is 2.07. The number of rotatable bonds is 7. The van der Waals surface area contributed by atoms with E-state index < -0.39 is 23.3 Å². The second-order valence-corrected chi connectivity index (χ2v) is 6.81. The Bertz CT molecular complexity index is 1260. The minimum atomic E-state index is -0.950. The number of hydrogen-bond acceptors (Lipinski definition) is 7. The highest BCUT2D eigenvalue weighted by molar-refractivity contribution is 6.31. The van der Waals surface area contributed by atoms with Crippen LogP contribution in [0.5, 0.6) is 11.5 Å². The fraction of sp³-hybridized carbons (Fsp3) is 0.238. The molecule has 0 aliphatic rings. The van der Waals surface area contributed by atoms with Crippen molar-refractivity contribution in [2.24, 2.45) is 5.10 Å². The SMILES string of the molecule is CCOC(=O)[C@H](C)Oc1c(C=Nn2c(=O)[nH]c3ccccc3c2=O)cc(Cl)cc1OC. The van der Waals surface area contributed by atoms with Crippen LogP contribution in [0.15, 0.2) is 51.1 Å². The van der Waals surface area contributed by atoms with Gasteiger partial charge in [0.25, 0.3) is 5.56 Å². The molecule has 0 radical (unpaired) electrons. The number of aromatic amines is 1. The number of fused-ring (bicyclic) bond motifs is 1. The topological polar surface area (TPSA) is 112 Å². The highest BCUT2D eigenvalue weighted by Gasteiger charge is 2.21. The Kier molecular flexibility index (Phi) is 6.76. The third-order valence-electron chi connectivity index (χ3n) is 4.28. The molecule has 0 aliphatic carbocycles. The number of esters is 1. The van der Waals surface area contributed by atoms with Crippen LogP contribution >= 0.6 is 11.6 Å². The number of H-pyrrole nitrogens is 1. The molecule has 1 aromatic heterocycles. The summed E-state index contributed by atoms with van der Waals surface area (Å²) in [5, 5.41) is 4.62. The van der Waals surface area contributed by atoms with E-state index in [9.17, 15) is 14.4 Å². The van der Waals surface area contributed by atoms with Gasteiger partial charge in [0.1, 0.15) is 0 Å². The van der Waals surface area contributed by atoms with Crippen LogP contribution in [0.2, 0.25) is 5.02 Å². The van der Waals surface area contributed by atoms with Crippen LogP contribution in [-0.2, 0) is 9.53 Å². The largest absolute Gasteiger partial charge is 0.493 e. The van der Waals surface area contributed by atoms with Gasteiger partial charge < -0.3 is 19.2 Å². The summed E-state index contributed by atoms with van der Waals surface area (Å²) in [5.41, 5.74) is -0.608. The maximum atomic E-state index is 12.7. The van der Waals surface area contributed by atoms with E-state index in [-0.39, 0.29) is 18.1 Å². The van der Waals surface area contributed by atoms with Crippen molar-refractivity contribution in [1.82, 2.24) is 9.66 Å². The van der Waals surface area contributed by atoms with Crippen molar-refractivity contribution in [3.63, 3.8) is 0 Å². The highest BCUT2D eigenvalue weighted by Crippen LogP contribution is 2.34. The molecule has 2 aromatic carbocycles. The number of aromatic nitrogens is 2. The van der Waals surface area contributed by atoms with E-state index in [1.807, 2.05) is 0 Å². The number of nitrogens with zero attached hydrogens (tertiary/aromatic N) is 2. The predicted molar refractivity (Wildman–Crippen MR) is 117 cm³/mol. The molecule has 3 aromatic rings. The number of ether oxygens (including phenoxy) is 3. The first-order chi connectivity index (χ1) is 14.8. The van der Waals surface area contributed by atoms with Gasteiger partial charge >= 0.3 is 11.7 Å². The number of benzene rings is 2. The Morgan fingerprint density at radius 2 is 2.03 bits per heavy atom. The average molecular weight is 446 g/mol. The van der Waals surface area contributed by atoms with Crippen molar-refractivity contribution in [3.05, 3.63) is 67.8 Å². The summed E-state index contributed by atoms with van der Waals surface area (Å²) in [6.45, 7) is 3.40. The number of methoxy groups -OCH3 is 1.